The Hall–Kier alpha value is -3.28. The number of hydrogen-bond acceptors (Lipinski definition) is 6. The van der Waals surface area contributed by atoms with Gasteiger partial charge in [-0.15, -0.1) is 0 Å². The standard InChI is InChI=1S/C18H14N2O4/c1-9-4-5-23-18(22)16(9)12-7-11(21)8-15-17(12)20-13-3-2-10(19)6-14(13)24-15/h2-7,20H,8,19H2,1H3. The summed E-state index contributed by atoms with van der Waals surface area (Å²) in [4.78, 5) is 24.3. The van der Waals surface area contributed by atoms with E-state index in [1.807, 2.05) is 0 Å². The van der Waals surface area contributed by atoms with Crippen LogP contribution in [0.25, 0.3) is 5.57 Å². The van der Waals surface area contributed by atoms with Gasteiger partial charge < -0.3 is 20.2 Å². The molecule has 6 nitrogen and oxygen atoms in total. The number of nitrogens with one attached hydrogen (secondary N) is 1. The van der Waals surface area contributed by atoms with Crippen molar-refractivity contribution < 1.29 is 13.9 Å². The Morgan fingerprint density at radius 3 is 2.83 bits per heavy atom. The highest BCUT2D eigenvalue weighted by molar-refractivity contribution is 6.05. The van der Waals surface area contributed by atoms with E-state index in [0.717, 1.165) is 11.3 Å². The summed E-state index contributed by atoms with van der Waals surface area (Å²) in [6, 6.07) is 6.93. The third-order valence-corrected chi connectivity index (χ3v) is 4.05. The topological polar surface area (TPSA) is 94.6 Å². The number of nitrogen functional groups attached to an aromatic ring is 1. The molecule has 24 heavy (non-hydrogen) atoms. The molecule has 0 amide bonds. The first kappa shape index (κ1) is 14.3. The van der Waals surface area contributed by atoms with Crippen molar-refractivity contribution in [2.75, 3.05) is 11.1 Å². The molecule has 1 aliphatic heterocycles. The van der Waals surface area contributed by atoms with E-state index in [4.69, 9.17) is 14.9 Å². The van der Waals surface area contributed by atoms with Gasteiger partial charge in [0.05, 0.1) is 29.6 Å². The monoisotopic (exact) mass is 322 g/mol. The molecule has 3 N–H and O–H groups in total. The van der Waals surface area contributed by atoms with E-state index in [9.17, 15) is 9.59 Å². The molecule has 2 aliphatic rings. The van der Waals surface area contributed by atoms with Gasteiger partial charge in [-0.1, -0.05) is 0 Å². The number of carbonyl (C=O) groups is 1. The van der Waals surface area contributed by atoms with E-state index in [-0.39, 0.29) is 12.2 Å². The minimum atomic E-state index is -0.493. The van der Waals surface area contributed by atoms with Gasteiger partial charge in [0, 0.05) is 17.3 Å². The van der Waals surface area contributed by atoms with Gasteiger partial charge in [0.2, 0.25) is 0 Å². The molecule has 0 saturated heterocycles. The number of nitrogens with two attached hydrogens (primary N) is 1. The van der Waals surface area contributed by atoms with Crippen molar-refractivity contribution in [3.63, 3.8) is 0 Å². The van der Waals surface area contributed by atoms with Crippen molar-refractivity contribution in [3.05, 3.63) is 69.6 Å². The molecule has 4 rings (SSSR count). The fraction of sp³-hybridized carbons (Fsp3) is 0.111. The second kappa shape index (κ2) is 5.13. The Kier molecular flexibility index (Phi) is 3.06. The molecule has 0 bridgehead atoms. The van der Waals surface area contributed by atoms with Crippen molar-refractivity contribution in [1.29, 1.82) is 0 Å². The van der Waals surface area contributed by atoms with Gasteiger partial charge in [-0.3, -0.25) is 4.79 Å². The smallest absolute Gasteiger partial charge is 0.343 e. The van der Waals surface area contributed by atoms with Gasteiger partial charge >= 0.3 is 5.63 Å². The van der Waals surface area contributed by atoms with Crippen LogP contribution in [-0.2, 0) is 4.79 Å². The zero-order valence-electron chi connectivity index (χ0n) is 12.9. The first-order chi connectivity index (χ1) is 11.5. The number of ketones is 1. The summed E-state index contributed by atoms with van der Waals surface area (Å²) >= 11 is 0. The van der Waals surface area contributed by atoms with Crippen LogP contribution >= 0.6 is 0 Å². The lowest BCUT2D eigenvalue weighted by molar-refractivity contribution is -0.114. The lowest BCUT2D eigenvalue weighted by Gasteiger charge is -2.28. The van der Waals surface area contributed by atoms with Crippen molar-refractivity contribution in [3.8, 4) is 5.75 Å². The number of fused-ring (bicyclic) bond motifs is 1. The summed E-state index contributed by atoms with van der Waals surface area (Å²) < 4.78 is 10.8. The van der Waals surface area contributed by atoms with E-state index in [1.165, 1.54) is 12.3 Å². The number of carbonyl (C=O) groups excluding carboxylic acids is 1. The molecule has 0 spiro atoms. The van der Waals surface area contributed by atoms with Crippen LogP contribution in [0.5, 0.6) is 5.75 Å². The maximum Gasteiger partial charge on any atom is 0.343 e. The van der Waals surface area contributed by atoms with Gasteiger partial charge in [0.1, 0.15) is 5.76 Å². The van der Waals surface area contributed by atoms with Crippen LogP contribution in [0.2, 0.25) is 0 Å². The molecule has 0 saturated carbocycles. The summed E-state index contributed by atoms with van der Waals surface area (Å²) in [7, 11) is 0. The van der Waals surface area contributed by atoms with Gasteiger partial charge in [-0.05, 0) is 36.8 Å². The second-order valence-electron chi connectivity index (χ2n) is 5.75. The molecule has 120 valence electrons. The first-order valence-corrected chi connectivity index (χ1v) is 7.44. The molecule has 0 atom stereocenters. The number of benzene rings is 1. The van der Waals surface area contributed by atoms with E-state index < -0.39 is 5.63 Å². The summed E-state index contributed by atoms with van der Waals surface area (Å²) in [6.07, 6.45) is 2.92. The van der Waals surface area contributed by atoms with Crippen LogP contribution < -0.4 is 21.4 Å². The van der Waals surface area contributed by atoms with E-state index in [2.05, 4.69) is 5.32 Å². The molecule has 1 aliphatic carbocycles. The maximum atomic E-state index is 12.2. The molecule has 2 heterocycles. The highest BCUT2D eigenvalue weighted by atomic mass is 16.5. The number of anilines is 2. The number of ether oxygens (including phenoxy) is 1. The maximum absolute atomic E-state index is 12.2. The predicted octanol–water partition coefficient (Wildman–Crippen LogP) is 2.60. The normalized spacial score (nSPS) is 15.9. The van der Waals surface area contributed by atoms with Crippen LogP contribution in [0.15, 0.2) is 57.3 Å². The van der Waals surface area contributed by atoms with Crippen molar-refractivity contribution >= 4 is 22.7 Å². The molecule has 0 radical (unpaired) electrons. The number of hydrogen-bond donors (Lipinski definition) is 2. The minimum Gasteiger partial charge on any atom is -0.457 e. The van der Waals surface area contributed by atoms with Crippen LogP contribution in [0.1, 0.15) is 17.5 Å². The fourth-order valence-corrected chi connectivity index (χ4v) is 2.92. The number of aryl methyl sites for hydroxylation is 1. The second-order valence-corrected chi connectivity index (χ2v) is 5.75. The van der Waals surface area contributed by atoms with Crippen LogP contribution in [0.3, 0.4) is 0 Å². The average molecular weight is 322 g/mol. The Morgan fingerprint density at radius 1 is 1.21 bits per heavy atom. The molecule has 0 fully saturated rings. The van der Waals surface area contributed by atoms with Gasteiger partial charge in [-0.25, -0.2) is 4.79 Å². The van der Waals surface area contributed by atoms with Crippen molar-refractivity contribution in [2.24, 2.45) is 0 Å². The van der Waals surface area contributed by atoms with E-state index >= 15 is 0 Å². The first-order valence-electron chi connectivity index (χ1n) is 7.44. The van der Waals surface area contributed by atoms with E-state index in [0.29, 0.717) is 34.0 Å². The SMILES string of the molecule is Cc1ccoc(=O)c1C1=CC(=O)CC2=C1Nc1ccc(N)cc1O2. The van der Waals surface area contributed by atoms with Crippen molar-refractivity contribution in [1.82, 2.24) is 0 Å². The van der Waals surface area contributed by atoms with Crippen LogP contribution in [0, 0.1) is 6.92 Å². The lowest BCUT2D eigenvalue weighted by atomic mass is 9.92. The summed E-state index contributed by atoms with van der Waals surface area (Å²) in [5.41, 5.74) is 8.74. The number of allylic oxidation sites excluding steroid dienone is 3. The third-order valence-electron chi connectivity index (χ3n) is 4.05. The summed E-state index contributed by atoms with van der Waals surface area (Å²) in [5.74, 6) is 0.887. The lowest BCUT2D eigenvalue weighted by Crippen LogP contribution is -2.24. The van der Waals surface area contributed by atoms with Gasteiger partial charge in [-0.2, -0.15) is 0 Å². The molecular formula is C18H14N2O4. The zero-order chi connectivity index (χ0) is 16.8. The van der Waals surface area contributed by atoms with Gasteiger partial charge in [0.15, 0.2) is 11.5 Å². The zero-order valence-corrected chi connectivity index (χ0v) is 12.9. The Bertz CT molecular complexity index is 998. The molecule has 1 aromatic carbocycles. The Balaban J connectivity index is 1.87. The molecular weight excluding hydrogens is 308 g/mol. The summed E-state index contributed by atoms with van der Waals surface area (Å²) in [6.45, 7) is 1.80. The Labute approximate surface area is 137 Å². The molecule has 1 aromatic heterocycles. The predicted molar refractivity (Wildman–Crippen MR) is 89.4 cm³/mol. The van der Waals surface area contributed by atoms with Crippen LogP contribution in [-0.4, -0.2) is 5.78 Å². The highest BCUT2D eigenvalue weighted by Gasteiger charge is 2.30. The summed E-state index contributed by atoms with van der Waals surface area (Å²) in [5, 5.41) is 3.25. The average Bonchev–Trinajstić information content (AvgIpc) is 2.52. The van der Waals surface area contributed by atoms with Gasteiger partial charge in [0.25, 0.3) is 0 Å². The highest BCUT2D eigenvalue weighted by Crippen LogP contribution is 2.41. The quantitative estimate of drug-likeness (QED) is 0.784. The Morgan fingerprint density at radius 2 is 2.04 bits per heavy atom. The molecule has 0 unspecified atom stereocenters. The minimum absolute atomic E-state index is 0.122. The largest absolute Gasteiger partial charge is 0.457 e. The number of rotatable bonds is 1. The van der Waals surface area contributed by atoms with Crippen molar-refractivity contribution in [2.45, 2.75) is 13.3 Å². The molecule has 6 heteroatoms. The van der Waals surface area contributed by atoms with Crippen LogP contribution in [0.4, 0.5) is 11.4 Å². The third kappa shape index (κ3) is 2.20. The van der Waals surface area contributed by atoms with E-state index in [1.54, 1.807) is 31.2 Å². The molecule has 2 aromatic rings. The fourth-order valence-electron chi connectivity index (χ4n) is 2.92.